The number of hydrogen-bond acceptors (Lipinski definition) is 7. The molecule has 2 fully saturated rings. The number of nitrogens with one attached hydrogen (secondary N) is 1. The molecule has 4 aromatic rings. The monoisotopic (exact) mass is 465 g/mol. The third-order valence-electron chi connectivity index (χ3n) is 6.55. The molecule has 2 bridgehead atoms. The summed E-state index contributed by atoms with van der Waals surface area (Å²) in [5.74, 6) is -0.113. The van der Waals surface area contributed by atoms with E-state index in [4.69, 9.17) is 17.3 Å². The first kappa shape index (κ1) is 20.3. The van der Waals surface area contributed by atoms with Gasteiger partial charge < -0.3 is 11.1 Å². The second-order valence-corrected chi connectivity index (χ2v) is 9.02. The predicted octanol–water partition coefficient (Wildman–Crippen LogP) is 3.42. The summed E-state index contributed by atoms with van der Waals surface area (Å²) in [6, 6.07) is 8.04. The molecule has 1 aromatic carbocycles. The summed E-state index contributed by atoms with van der Waals surface area (Å²) >= 11 is 5.95. The molecule has 2 atom stereocenters. The fourth-order valence-corrected chi connectivity index (χ4v) is 5.09. The van der Waals surface area contributed by atoms with Crippen LogP contribution in [-0.2, 0) is 0 Å². The summed E-state index contributed by atoms with van der Waals surface area (Å²) in [5, 5.41) is 20.0. The quantitative estimate of drug-likeness (QED) is 0.474. The van der Waals surface area contributed by atoms with Crippen LogP contribution in [0.1, 0.15) is 31.7 Å². The van der Waals surface area contributed by atoms with E-state index < -0.39 is 5.82 Å². The average molecular weight is 466 g/mol. The molecule has 9 nitrogen and oxygen atoms in total. The molecule has 0 amide bonds. The summed E-state index contributed by atoms with van der Waals surface area (Å²) in [6.07, 6.45) is 10.2. The summed E-state index contributed by atoms with van der Waals surface area (Å²) in [6.45, 7) is 0. The van der Waals surface area contributed by atoms with Crippen LogP contribution < -0.4 is 11.1 Å². The van der Waals surface area contributed by atoms with E-state index >= 15 is 0 Å². The Kier molecular flexibility index (Phi) is 4.84. The minimum absolute atomic E-state index is 0.0208. The Balaban J connectivity index is 1.35. The van der Waals surface area contributed by atoms with Gasteiger partial charge in [-0.05, 0) is 54.3 Å². The van der Waals surface area contributed by atoms with Gasteiger partial charge in [0, 0.05) is 35.6 Å². The van der Waals surface area contributed by atoms with Crippen LogP contribution in [-0.4, -0.2) is 47.1 Å². The maximum atomic E-state index is 14.6. The fourth-order valence-electron chi connectivity index (χ4n) is 4.92. The lowest BCUT2D eigenvalue weighted by molar-refractivity contribution is 0.281. The van der Waals surface area contributed by atoms with E-state index in [-0.39, 0.29) is 22.4 Å². The van der Waals surface area contributed by atoms with Crippen LogP contribution in [0.25, 0.3) is 28.2 Å². The van der Waals surface area contributed by atoms with E-state index in [1.165, 1.54) is 23.6 Å². The first-order valence-corrected chi connectivity index (χ1v) is 11.2. The highest BCUT2D eigenvalue weighted by molar-refractivity contribution is 6.30. The number of nitrogens with two attached hydrogens (primary N) is 1. The highest BCUT2D eigenvalue weighted by Gasteiger charge is 2.34. The van der Waals surface area contributed by atoms with E-state index in [2.05, 4.69) is 35.6 Å². The standard InChI is InChI=1S/C22H21ClFN9/c23-18-2-1-3-19(20(18)24)33-22(29-30-31-33)17-6-12(9-26-21(17)25)13-10-27-32(11-13)16-7-14-4-5-15(8-16)28-14/h1-3,6,9-11,14-16,28H,4-5,7-8H2,(H2,25,26). The molecule has 3 N–H and O–H groups in total. The third kappa shape index (κ3) is 3.55. The minimum Gasteiger partial charge on any atom is -0.383 e. The number of pyridine rings is 1. The number of nitrogens with zero attached hydrogens (tertiary/aromatic N) is 7. The van der Waals surface area contributed by atoms with Crippen molar-refractivity contribution in [3.05, 3.63) is 53.7 Å². The van der Waals surface area contributed by atoms with Gasteiger partial charge in [0.1, 0.15) is 11.5 Å². The van der Waals surface area contributed by atoms with Crippen molar-refractivity contribution in [1.82, 2.24) is 40.3 Å². The zero-order valence-electron chi connectivity index (χ0n) is 17.6. The zero-order valence-corrected chi connectivity index (χ0v) is 18.3. The summed E-state index contributed by atoms with van der Waals surface area (Å²) < 4.78 is 18.0. The molecule has 0 aliphatic carbocycles. The normalized spacial score (nSPS) is 22.1. The van der Waals surface area contributed by atoms with Crippen molar-refractivity contribution < 1.29 is 4.39 Å². The van der Waals surface area contributed by atoms with Crippen LogP contribution in [0, 0.1) is 5.82 Å². The molecule has 3 aromatic heterocycles. The van der Waals surface area contributed by atoms with E-state index in [0.29, 0.717) is 23.7 Å². The molecular formula is C22H21ClFN9. The SMILES string of the molecule is Nc1ncc(-c2cnn(C3CC4CCC(C3)N4)c2)cc1-c1nnnn1-c1cccc(Cl)c1F. The van der Waals surface area contributed by atoms with Crippen LogP contribution in [0.2, 0.25) is 5.02 Å². The van der Waals surface area contributed by atoms with Crippen molar-refractivity contribution in [3.8, 4) is 28.2 Å². The molecule has 6 rings (SSSR count). The molecule has 2 aliphatic heterocycles. The summed E-state index contributed by atoms with van der Waals surface area (Å²) in [5.41, 5.74) is 8.52. The number of hydrogen-bond donors (Lipinski definition) is 2. The van der Waals surface area contributed by atoms with Gasteiger partial charge in [-0.25, -0.2) is 9.37 Å². The number of halogens is 2. The molecule has 2 aliphatic rings. The minimum atomic E-state index is -0.618. The van der Waals surface area contributed by atoms with Crippen LogP contribution in [0.5, 0.6) is 0 Å². The smallest absolute Gasteiger partial charge is 0.190 e. The van der Waals surface area contributed by atoms with Crippen molar-refractivity contribution in [2.24, 2.45) is 0 Å². The topological polar surface area (TPSA) is 112 Å². The van der Waals surface area contributed by atoms with E-state index in [9.17, 15) is 4.39 Å². The zero-order chi connectivity index (χ0) is 22.5. The maximum absolute atomic E-state index is 14.6. The molecule has 2 saturated heterocycles. The van der Waals surface area contributed by atoms with Crippen molar-refractivity contribution >= 4 is 17.4 Å². The molecule has 5 heterocycles. The Morgan fingerprint density at radius 1 is 1.12 bits per heavy atom. The Hall–Kier alpha value is -3.37. The molecule has 0 radical (unpaired) electrons. The van der Waals surface area contributed by atoms with Crippen molar-refractivity contribution in [3.63, 3.8) is 0 Å². The Morgan fingerprint density at radius 2 is 1.94 bits per heavy atom. The van der Waals surface area contributed by atoms with Gasteiger partial charge in [-0.1, -0.05) is 17.7 Å². The number of rotatable bonds is 4. The van der Waals surface area contributed by atoms with E-state index in [1.54, 1.807) is 18.3 Å². The van der Waals surface area contributed by atoms with Gasteiger partial charge in [-0.15, -0.1) is 5.10 Å². The van der Waals surface area contributed by atoms with E-state index in [1.807, 2.05) is 18.5 Å². The number of anilines is 1. The molecule has 0 spiro atoms. The van der Waals surface area contributed by atoms with Gasteiger partial charge in [-0.2, -0.15) is 9.78 Å². The van der Waals surface area contributed by atoms with Crippen molar-refractivity contribution in [2.75, 3.05) is 5.73 Å². The van der Waals surface area contributed by atoms with Gasteiger partial charge >= 0.3 is 0 Å². The lowest BCUT2D eigenvalue weighted by Crippen LogP contribution is -2.38. The van der Waals surface area contributed by atoms with Crippen LogP contribution in [0.3, 0.4) is 0 Å². The van der Waals surface area contributed by atoms with Gasteiger partial charge in [0.15, 0.2) is 11.6 Å². The second-order valence-electron chi connectivity index (χ2n) is 8.62. The highest BCUT2D eigenvalue weighted by Crippen LogP contribution is 2.35. The molecule has 2 unspecified atom stereocenters. The highest BCUT2D eigenvalue weighted by atomic mass is 35.5. The molecule has 0 saturated carbocycles. The van der Waals surface area contributed by atoms with Gasteiger partial charge in [-0.3, -0.25) is 4.68 Å². The molecular weight excluding hydrogens is 445 g/mol. The number of benzene rings is 1. The molecule has 33 heavy (non-hydrogen) atoms. The average Bonchev–Trinajstić information content (AvgIpc) is 3.56. The molecule has 11 heteroatoms. The predicted molar refractivity (Wildman–Crippen MR) is 121 cm³/mol. The van der Waals surface area contributed by atoms with Crippen LogP contribution >= 0.6 is 11.6 Å². The van der Waals surface area contributed by atoms with Gasteiger partial charge in [0.05, 0.1) is 22.8 Å². The lowest BCUT2D eigenvalue weighted by atomic mass is 10.00. The van der Waals surface area contributed by atoms with Crippen molar-refractivity contribution in [2.45, 2.75) is 43.8 Å². The second kappa shape index (κ2) is 7.89. The maximum Gasteiger partial charge on any atom is 0.190 e. The van der Waals surface area contributed by atoms with E-state index in [0.717, 1.165) is 24.0 Å². The molecule has 168 valence electrons. The summed E-state index contributed by atoms with van der Waals surface area (Å²) in [4.78, 5) is 4.34. The number of tetrazole rings is 1. The van der Waals surface area contributed by atoms with Crippen LogP contribution in [0.15, 0.2) is 42.9 Å². The fraction of sp³-hybridized carbons (Fsp3) is 0.318. The summed E-state index contributed by atoms with van der Waals surface area (Å²) in [7, 11) is 0. The largest absolute Gasteiger partial charge is 0.383 e. The number of nitrogen functional groups attached to an aromatic ring is 1. The number of aromatic nitrogens is 7. The third-order valence-corrected chi connectivity index (χ3v) is 6.84. The Bertz CT molecular complexity index is 1320. The van der Waals surface area contributed by atoms with Crippen LogP contribution in [0.4, 0.5) is 10.2 Å². The first-order chi connectivity index (χ1) is 16.1. The number of piperidine rings is 1. The first-order valence-electron chi connectivity index (χ1n) is 10.9. The number of fused-ring (bicyclic) bond motifs is 2. The lowest BCUT2D eigenvalue weighted by Gasteiger charge is -2.29. The van der Waals surface area contributed by atoms with Gasteiger partial charge in [0.25, 0.3) is 0 Å². The van der Waals surface area contributed by atoms with Crippen molar-refractivity contribution in [1.29, 1.82) is 0 Å². The Labute approximate surface area is 193 Å². The van der Waals surface area contributed by atoms with Gasteiger partial charge in [0.2, 0.25) is 0 Å². The Morgan fingerprint density at radius 3 is 2.76 bits per heavy atom.